The summed E-state index contributed by atoms with van der Waals surface area (Å²) in [5.74, 6) is -0.0184. The Morgan fingerprint density at radius 2 is 2.00 bits per heavy atom. The number of nitrogens with zero attached hydrogens (tertiary/aromatic N) is 2. The van der Waals surface area contributed by atoms with Crippen molar-refractivity contribution in [2.24, 2.45) is 5.73 Å². The number of hydrogen-bond acceptors (Lipinski definition) is 5. The molecule has 2 aromatic heterocycles. The van der Waals surface area contributed by atoms with Crippen LogP contribution in [0.5, 0.6) is 0 Å². The molecule has 7 heteroatoms. The highest BCUT2D eigenvalue weighted by molar-refractivity contribution is 7.20. The van der Waals surface area contributed by atoms with Crippen molar-refractivity contribution >= 4 is 33.2 Å². The number of nitrogens with two attached hydrogens (primary N) is 1. The van der Waals surface area contributed by atoms with Crippen LogP contribution in [0.15, 0.2) is 4.79 Å². The van der Waals surface area contributed by atoms with E-state index in [1.54, 1.807) is 13.8 Å². The first-order chi connectivity index (χ1) is 9.32. The molecule has 2 rings (SSSR count). The van der Waals surface area contributed by atoms with Gasteiger partial charge in [0, 0.05) is 13.0 Å². The fourth-order valence-electron chi connectivity index (χ4n) is 2.09. The molecule has 20 heavy (non-hydrogen) atoms. The molecule has 0 spiro atoms. The fraction of sp³-hybridized carbons (Fsp3) is 0.385. The van der Waals surface area contributed by atoms with E-state index in [-0.39, 0.29) is 17.8 Å². The van der Waals surface area contributed by atoms with Crippen LogP contribution in [-0.2, 0) is 11.3 Å². The van der Waals surface area contributed by atoms with E-state index in [2.05, 4.69) is 4.98 Å². The van der Waals surface area contributed by atoms with Crippen LogP contribution in [-0.4, -0.2) is 21.2 Å². The molecule has 0 fully saturated rings. The molecule has 2 aromatic rings. The molecule has 2 heterocycles. The van der Waals surface area contributed by atoms with E-state index < -0.39 is 5.91 Å². The summed E-state index contributed by atoms with van der Waals surface area (Å²) >= 11 is 1.13. The van der Waals surface area contributed by atoms with Crippen LogP contribution in [0.2, 0.25) is 0 Å². The van der Waals surface area contributed by atoms with Crippen LogP contribution < -0.4 is 11.3 Å². The quantitative estimate of drug-likeness (QED) is 0.914. The second-order valence-corrected chi connectivity index (χ2v) is 5.67. The monoisotopic (exact) mass is 293 g/mol. The minimum absolute atomic E-state index is 0.0104. The minimum atomic E-state index is -0.558. The van der Waals surface area contributed by atoms with Crippen molar-refractivity contribution in [1.82, 2.24) is 9.55 Å². The summed E-state index contributed by atoms with van der Waals surface area (Å²) < 4.78 is 1.47. The van der Waals surface area contributed by atoms with Gasteiger partial charge in [-0.3, -0.25) is 19.0 Å². The second-order valence-electron chi connectivity index (χ2n) is 4.67. The molecule has 0 radical (unpaired) electrons. The van der Waals surface area contributed by atoms with Gasteiger partial charge in [0.25, 0.3) is 11.5 Å². The number of carbonyl (C=O) groups is 2. The van der Waals surface area contributed by atoms with E-state index in [1.165, 1.54) is 11.5 Å². The Morgan fingerprint density at radius 1 is 1.35 bits per heavy atom. The predicted molar refractivity (Wildman–Crippen MR) is 77.2 cm³/mol. The third kappa shape index (κ3) is 2.36. The molecule has 106 valence electrons. The zero-order valence-corrected chi connectivity index (χ0v) is 12.3. The molecule has 0 bridgehead atoms. The first-order valence-electron chi connectivity index (χ1n) is 6.12. The van der Waals surface area contributed by atoms with Crippen molar-refractivity contribution in [2.45, 2.75) is 33.7 Å². The lowest BCUT2D eigenvalue weighted by Gasteiger charge is -2.08. The Labute approximate surface area is 119 Å². The number of primary amides is 1. The lowest BCUT2D eigenvalue weighted by atomic mass is 10.2. The van der Waals surface area contributed by atoms with Gasteiger partial charge < -0.3 is 5.73 Å². The molecule has 1 amide bonds. The van der Waals surface area contributed by atoms with Gasteiger partial charge in [0.1, 0.15) is 16.4 Å². The molecule has 0 saturated carbocycles. The van der Waals surface area contributed by atoms with Gasteiger partial charge in [-0.25, -0.2) is 4.98 Å². The van der Waals surface area contributed by atoms with Crippen LogP contribution in [0.3, 0.4) is 0 Å². The maximum Gasteiger partial charge on any atom is 0.262 e. The molecule has 2 N–H and O–H groups in total. The molecular weight excluding hydrogens is 278 g/mol. The lowest BCUT2D eigenvalue weighted by Crippen LogP contribution is -2.24. The van der Waals surface area contributed by atoms with E-state index in [0.29, 0.717) is 33.0 Å². The molecule has 0 aliphatic heterocycles. The third-order valence-corrected chi connectivity index (χ3v) is 4.35. The topological polar surface area (TPSA) is 95.0 Å². The van der Waals surface area contributed by atoms with Gasteiger partial charge >= 0.3 is 0 Å². The summed E-state index contributed by atoms with van der Waals surface area (Å²) in [6, 6.07) is 0. The SMILES string of the molecule is CC(=O)CCn1c(C)nc2sc(C(N)=O)c(C)c2c1=O. The van der Waals surface area contributed by atoms with E-state index in [0.717, 1.165) is 11.3 Å². The standard InChI is InChI=1S/C13H15N3O3S/c1-6(17)4-5-16-8(3)15-12-9(13(16)19)7(2)10(20-12)11(14)18/h4-5H2,1-3H3,(H2,14,18). The van der Waals surface area contributed by atoms with Crippen molar-refractivity contribution in [2.75, 3.05) is 0 Å². The molecule has 0 aromatic carbocycles. The van der Waals surface area contributed by atoms with Gasteiger partial charge in [-0.15, -0.1) is 11.3 Å². The number of Topliss-reactive ketones (excluding diaryl/α,β-unsaturated/α-hetero) is 1. The number of thiophene rings is 1. The summed E-state index contributed by atoms with van der Waals surface area (Å²) in [5.41, 5.74) is 5.63. The average molecular weight is 293 g/mol. The Kier molecular flexibility index (Phi) is 3.71. The zero-order valence-electron chi connectivity index (χ0n) is 11.5. The van der Waals surface area contributed by atoms with Crippen molar-refractivity contribution in [3.63, 3.8) is 0 Å². The summed E-state index contributed by atoms with van der Waals surface area (Å²) in [4.78, 5) is 40.1. The molecule has 0 atom stereocenters. The second kappa shape index (κ2) is 5.16. The van der Waals surface area contributed by atoms with E-state index in [1.807, 2.05) is 0 Å². The molecule has 0 aliphatic rings. The Balaban J connectivity index is 2.68. The smallest absolute Gasteiger partial charge is 0.262 e. The molecule has 0 unspecified atom stereocenters. The van der Waals surface area contributed by atoms with Crippen LogP contribution >= 0.6 is 11.3 Å². The first-order valence-corrected chi connectivity index (χ1v) is 6.94. The van der Waals surface area contributed by atoms with Gasteiger partial charge in [0.15, 0.2) is 0 Å². The number of carbonyl (C=O) groups excluding carboxylic acids is 2. The minimum Gasteiger partial charge on any atom is -0.365 e. The largest absolute Gasteiger partial charge is 0.365 e. The highest BCUT2D eigenvalue weighted by Crippen LogP contribution is 2.26. The molecular formula is C13H15N3O3S. The fourth-order valence-corrected chi connectivity index (χ4v) is 3.16. The molecule has 0 saturated heterocycles. The summed E-state index contributed by atoms with van der Waals surface area (Å²) in [6.07, 6.45) is 0.278. The molecule has 6 nitrogen and oxygen atoms in total. The zero-order chi connectivity index (χ0) is 15.0. The van der Waals surface area contributed by atoms with E-state index in [9.17, 15) is 14.4 Å². The maximum absolute atomic E-state index is 12.5. The number of rotatable bonds is 4. The van der Waals surface area contributed by atoms with Crippen LogP contribution in [0.25, 0.3) is 10.2 Å². The van der Waals surface area contributed by atoms with Gasteiger partial charge in [0.05, 0.1) is 10.3 Å². The average Bonchev–Trinajstić information content (AvgIpc) is 2.65. The number of aryl methyl sites for hydroxylation is 2. The lowest BCUT2D eigenvalue weighted by molar-refractivity contribution is -0.117. The van der Waals surface area contributed by atoms with Gasteiger partial charge in [-0.1, -0.05) is 0 Å². The predicted octanol–water partition coefficient (Wildman–Crippen LogP) is 1.15. The Morgan fingerprint density at radius 3 is 2.55 bits per heavy atom. The van der Waals surface area contributed by atoms with Crippen molar-refractivity contribution < 1.29 is 9.59 Å². The van der Waals surface area contributed by atoms with Crippen molar-refractivity contribution in [3.05, 3.63) is 26.6 Å². The number of fused-ring (bicyclic) bond motifs is 1. The van der Waals surface area contributed by atoms with Crippen LogP contribution in [0.1, 0.15) is 34.4 Å². The third-order valence-electron chi connectivity index (χ3n) is 3.15. The summed E-state index contributed by atoms with van der Waals surface area (Å²) in [6.45, 7) is 5.17. The number of aromatic nitrogens is 2. The van der Waals surface area contributed by atoms with E-state index >= 15 is 0 Å². The highest BCUT2D eigenvalue weighted by atomic mass is 32.1. The van der Waals surface area contributed by atoms with Crippen LogP contribution in [0, 0.1) is 13.8 Å². The Hall–Kier alpha value is -2.02. The highest BCUT2D eigenvalue weighted by Gasteiger charge is 2.19. The summed E-state index contributed by atoms with van der Waals surface area (Å²) in [5, 5.41) is 0.415. The van der Waals surface area contributed by atoms with Gasteiger partial charge in [-0.05, 0) is 26.3 Å². The van der Waals surface area contributed by atoms with Crippen molar-refractivity contribution in [3.8, 4) is 0 Å². The number of ketones is 1. The normalized spacial score (nSPS) is 10.9. The van der Waals surface area contributed by atoms with E-state index in [4.69, 9.17) is 5.73 Å². The van der Waals surface area contributed by atoms with Crippen molar-refractivity contribution in [1.29, 1.82) is 0 Å². The summed E-state index contributed by atoms with van der Waals surface area (Å²) in [7, 11) is 0. The van der Waals surface area contributed by atoms with Gasteiger partial charge in [-0.2, -0.15) is 0 Å². The van der Waals surface area contributed by atoms with Gasteiger partial charge in [0.2, 0.25) is 0 Å². The van der Waals surface area contributed by atoms with Crippen LogP contribution in [0.4, 0.5) is 0 Å². The maximum atomic E-state index is 12.5. The first kappa shape index (κ1) is 14.4. The number of hydrogen-bond donors (Lipinski definition) is 1. The number of amides is 1. The molecule has 0 aliphatic carbocycles. The Bertz CT molecular complexity index is 773.